The summed E-state index contributed by atoms with van der Waals surface area (Å²) in [6.07, 6.45) is 0. The van der Waals surface area contributed by atoms with Gasteiger partial charge in [0.05, 0.1) is 19.3 Å². The SMILES string of the molecule is CCOC(=O)c1n[nH]nc1-c1cccc(C(=O)OC)c1F. The molecule has 0 aliphatic carbocycles. The second-order valence-electron chi connectivity index (χ2n) is 3.90. The van der Waals surface area contributed by atoms with Crippen molar-refractivity contribution in [1.29, 1.82) is 0 Å². The van der Waals surface area contributed by atoms with Gasteiger partial charge in [-0.1, -0.05) is 6.07 Å². The van der Waals surface area contributed by atoms with E-state index < -0.39 is 17.8 Å². The summed E-state index contributed by atoms with van der Waals surface area (Å²) in [7, 11) is 1.15. The summed E-state index contributed by atoms with van der Waals surface area (Å²) in [6, 6.07) is 4.10. The molecule has 0 aliphatic heterocycles. The lowest BCUT2D eigenvalue weighted by atomic mass is 10.1. The zero-order valence-electron chi connectivity index (χ0n) is 11.3. The third-order valence-electron chi connectivity index (χ3n) is 2.68. The Balaban J connectivity index is 2.51. The molecule has 0 unspecified atom stereocenters. The lowest BCUT2D eigenvalue weighted by Crippen LogP contribution is -2.09. The minimum absolute atomic E-state index is 0.0308. The zero-order chi connectivity index (χ0) is 15.4. The highest BCUT2D eigenvalue weighted by atomic mass is 19.1. The fraction of sp³-hybridized carbons (Fsp3) is 0.231. The molecule has 1 aromatic heterocycles. The van der Waals surface area contributed by atoms with E-state index in [1.54, 1.807) is 6.92 Å². The lowest BCUT2D eigenvalue weighted by molar-refractivity contribution is 0.0519. The molecule has 7 nitrogen and oxygen atoms in total. The largest absolute Gasteiger partial charge is 0.465 e. The standard InChI is InChI=1S/C13H12FN3O4/c1-3-21-13(19)11-10(15-17-16-11)7-5-4-6-8(9(7)14)12(18)20-2/h4-6H,3H2,1-2H3,(H,15,16,17). The summed E-state index contributed by atoms with van der Waals surface area (Å²) in [5.41, 5.74) is -0.489. The van der Waals surface area contributed by atoms with Crippen molar-refractivity contribution in [2.75, 3.05) is 13.7 Å². The molecule has 1 N–H and O–H groups in total. The van der Waals surface area contributed by atoms with Crippen molar-refractivity contribution in [3.8, 4) is 11.3 Å². The molecule has 1 heterocycles. The number of halogens is 1. The number of nitrogens with one attached hydrogen (secondary N) is 1. The normalized spacial score (nSPS) is 10.2. The van der Waals surface area contributed by atoms with Crippen molar-refractivity contribution in [1.82, 2.24) is 15.4 Å². The van der Waals surface area contributed by atoms with Crippen molar-refractivity contribution < 1.29 is 23.5 Å². The molecule has 110 valence electrons. The van der Waals surface area contributed by atoms with Crippen LogP contribution in [0.1, 0.15) is 27.8 Å². The van der Waals surface area contributed by atoms with E-state index in [4.69, 9.17) is 4.74 Å². The Kier molecular flexibility index (Phi) is 4.27. The van der Waals surface area contributed by atoms with Gasteiger partial charge in [0, 0.05) is 5.56 Å². The number of hydrogen-bond acceptors (Lipinski definition) is 6. The van der Waals surface area contributed by atoms with Crippen LogP contribution in [0.2, 0.25) is 0 Å². The van der Waals surface area contributed by atoms with Gasteiger partial charge in [0.15, 0.2) is 5.69 Å². The van der Waals surface area contributed by atoms with Gasteiger partial charge in [-0.3, -0.25) is 0 Å². The fourth-order valence-corrected chi connectivity index (χ4v) is 1.74. The minimum atomic E-state index is -0.844. The first-order chi connectivity index (χ1) is 10.1. The van der Waals surface area contributed by atoms with E-state index in [2.05, 4.69) is 20.1 Å². The molecular weight excluding hydrogens is 281 g/mol. The average Bonchev–Trinajstić information content (AvgIpc) is 2.96. The maximum absolute atomic E-state index is 14.4. The monoisotopic (exact) mass is 293 g/mol. The van der Waals surface area contributed by atoms with Crippen LogP contribution in [-0.4, -0.2) is 41.1 Å². The number of carbonyl (C=O) groups is 2. The van der Waals surface area contributed by atoms with E-state index in [1.807, 2.05) is 0 Å². The molecule has 0 radical (unpaired) electrons. The maximum atomic E-state index is 14.4. The fourth-order valence-electron chi connectivity index (χ4n) is 1.74. The Bertz CT molecular complexity index is 684. The molecular formula is C13H12FN3O4. The molecule has 0 fully saturated rings. The summed E-state index contributed by atoms with van der Waals surface area (Å²) in [5.74, 6) is -2.40. The van der Waals surface area contributed by atoms with E-state index in [-0.39, 0.29) is 29.1 Å². The van der Waals surface area contributed by atoms with Gasteiger partial charge >= 0.3 is 11.9 Å². The highest BCUT2D eigenvalue weighted by molar-refractivity contribution is 5.96. The molecule has 0 amide bonds. The number of aromatic amines is 1. The molecule has 0 aliphatic rings. The number of carbonyl (C=O) groups excluding carboxylic acids is 2. The molecule has 21 heavy (non-hydrogen) atoms. The van der Waals surface area contributed by atoms with Crippen LogP contribution in [0.4, 0.5) is 4.39 Å². The smallest absolute Gasteiger partial charge is 0.361 e. The van der Waals surface area contributed by atoms with Crippen molar-refractivity contribution in [3.05, 3.63) is 35.3 Å². The molecule has 0 bridgehead atoms. The number of H-pyrrole nitrogens is 1. The summed E-state index contributed by atoms with van der Waals surface area (Å²) in [6.45, 7) is 1.78. The number of hydrogen-bond donors (Lipinski definition) is 1. The van der Waals surface area contributed by atoms with E-state index >= 15 is 0 Å². The van der Waals surface area contributed by atoms with Gasteiger partial charge in [0.2, 0.25) is 0 Å². The molecule has 0 spiro atoms. The summed E-state index contributed by atoms with van der Waals surface area (Å²) >= 11 is 0. The lowest BCUT2D eigenvalue weighted by Gasteiger charge is -2.06. The first-order valence-corrected chi connectivity index (χ1v) is 6.05. The minimum Gasteiger partial charge on any atom is -0.465 e. The second-order valence-corrected chi connectivity index (χ2v) is 3.90. The summed E-state index contributed by atoms with van der Waals surface area (Å²) in [5, 5.41) is 9.64. The number of methoxy groups -OCH3 is 1. The van der Waals surface area contributed by atoms with Gasteiger partial charge in [-0.15, -0.1) is 5.10 Å². The Morgan fingerprint density at radius 2 is 2.05 bits per heavy atom. The highest BCUT2D eigenvalue weighted by Crippen LogP contribution is 2.26. The predicted octanol–water partition coefficient (Wildman–Crippen LogP) is 1.57. The van der Waals surface area contributed by atoms with Crippen LogP contribution in [0.5, 0.6) is 0 Å². The molecule has 0 saturated heterocycles. The molecule has 1 aromatic carbocycles. The van der Waals surface area contributed by atoms with Crippen LogP contribution < -0.4 is 0 Å². The molecule has 2 rings (SSSR count). The first kappa shape index (κ1) is 14.6. The van der Waals surface area contributed by atoms with Gasteiger partial charge in [-0.05, 0) is 19.1 Å². The molecule has 0 atom stereocenters. The van der Waals surface area contributed by atoms with Gasteiger partial charge in [0.25, 0.3) is 0 Å². The highest BCUT2D eigenvalue weighted by Gasteiger charge is 2.24. The van der Waals surface area contributed by atoms with E-state index in [1.165, 1.54) is 18.2 Å². The van der Waals surface area contributed by atoms with Crippen LogP contribution in [0.3, 0.4) is 0 Å². The Labute approximate surface area is 119 Å². The van der Waals surface area contributed by atoms with E-state index in [9.17, 15) is 14.0 Å². The number of aromatic nitrogens is 3. The summed E-state index contributed by atoms with van der Waals surface area (Å²) in [4.78, 5) is 23.2. The molecule has 2 aromatic rings. The maximum Gasteiger partial charge on any atom is 0.361 e. The van der Waals surface area contributed by atoms with Gasteiger partial charge < -0.3 is 9.47 Å². The van der Waals surface area contributed by atoms with E-state index in [0.29, 0.717) is 0 Å². The number of rotatable bonds is 4. The average molecular weight is 293 g/mol. The van der Waals surface area contributed by atoms with Gasteiger partial charge in [-0.2, -0.15) is 10.3 Å². The zero-order valence-corrected chi connectivity index (χ0v) is 11.3. The predicted molar refractivity (Wildman–Crippen MR) is 69.1 cm³/mol. The van der Waals surface area contributed by atoms with E-state index in [0.717, 1.165) is 7.11 Å². The number of nitrogens with zero attached hydrogens (tertiary/aromatic N) is 2. The molecule has 8 heteroatoms. The second kappa shape index (κ2) is 6.12. The van der Waals surface area contributed by atoms with Crippen LogP contribution in [0.15, 0.2) is 18.2 Å². The van der Waals surface area contributed by atoms with Gasteiger partial charge in [0.1, 0.15) is 11.5 Å². The quantitative estimate of drug-likeness (QED) is 0.860. The Morgan fingerprint density at radius 3 is 2.71 bits per heavy atom. The van der Waals surface area contributed by atoms with Crippen LogP contribution in [-0.2, 0) is 9.47 Å². The first-order valence-electron chi connectivity index (χ1n) is 6.05. The third-order valence-corrected chi connectivity index (χ3v) is 2.68. The Morgan fingerprint density at radius 1 is 1.29 bits per heavy atom. The van der Waals surface area contributed by atoms with Crippen molar-refractivity contribution in [3.63, 3.8) is 0 Å². The Hall–Kier alpha value is -2.77. The topological polar surface area (TPSA) is 94.2 Å². The number of esters is 2. The number of ether oxygens (including phenoxy) is 2. The van der Waals surface area contributed by atoms with Crippen LogP contribution in [0.25, 0.3) is 11.3 Å². The van der Waals surface area contributed by atoms with Crippen molar-refractivity contribution in [2.24, 2.45) is 0 Å². The van der Waals surface area contributed by atoms with Gasteiger partial charge in [-0.25, -0.2) is 14.0 Å². The van der Waals surface area contributed by atoms with Crippen molar-refractivity contribution >= 4 is 11.9 Å². The summed E-state index contributed by atoms with van der Waals surface area (Å²) < 4.78 is 23.7. The van der Waals surface area contributed by atoms with Crippen LogP contribution >= 0.6 is 0 Å². The molecule has 0 saturated carbocycles. The van der Waals surface area contributed by atoms with Crippen molar-refractivity contribution in [2.45, 2.75) is 6.92 Å². The third kappa shape index (κ3) is 2.73. The number of benzene rings is 1. The van der Waals surface area contributed by atoms with Crippen LogP contribution in [0, 0.1) is 5.82 Å².